The van der Waals surface area contributed by atoms with Gasteiger partial charge in [-0.15, -0.1) is 10.2 Å². The summed E-state index contributed by atoms with van der Waals surface area (Å²) in [6, 6.07) is 0.487. The minimum atomic E-state index is 0.282. The van der Waals surface area contributed by atoms with Gasteiger partial charge in [0.15, 0.2) is 0 Å². The van der Waals surface area contributed by atoms with Crippen molar-refractivity contribution in [3.05, 3.63) is 11.8 Å². The van der Waals surface area contributed by atoms with Crippen molar-refractivity contribution in [1.82, 2.24) is 15.5 Å². The van der Waals surface area contributed by atoms with E-state index in [1.54, 1.807) is 0 Å². The first-order valence-corrected chi connectivity index (χ1v) is 6.32. The summed E-state index contributed by atoms with van der Waals surface area (Å²) in [6.45, 7) is 7.89. The molecule has 1 fully saturated rings. The summed E-state index contributed by atoms with van der Waals surface area (Å²) in [4.78, 5) is 0. The van der Waals surface area contributed by atoms with Gasteiger partial charge >= 0.3 is 0 Å². The number of ether oxygens (including phenoxy) is 1. The Kier molecular flexibility index (Phi) is 4.12. The Balaban J connectivity index is 1.83. The molecule has 1 aliphatic rings. The van der Waals surface area contributed by atoms with Gasteiger partial charge in [0.05, 0.1) is 18.6 Å². The van der Waals surface area contributed by atoms with E-state index < -0.39 is 0 Å². The molecular weight excluding hydrogens is 218 g/mol. The van der Waals surface area contributed by atoms with Crippen molar-refractivity contribution in [3.8, 4) is 0 Å². The molecule has 0 spiro atoms. The van der Waals surface area contributed by atoms with E-state index in [0.717, 1.165) is 25.3 Å². The second-order valence-corrected chi connectivity index (χ2v) is 4.97. The highest BCUT2D eigenvalue weighted by Crippen LogP contribution is 2.28. The highest BCUT2D eigenvalue weighted by molar-refractivity contribution is 4.95. The summed E-state index contributed by atoms with van der Waals surface area (Å²) in [5, 5.41) is 11.5. The molecule has 0 radical (unpaired) electrons. The van der Waals surface area contributed by atoms with Crippen LogP contribution >= 0.6 is 0 Å². The predicted molar refractivity (Wildman–Crippen MR) is 63.9 cm³/mol. The van der Waals surface area contributed by atoms with Crippen molar-refractivity contribution in [2.75, 3.05) is 13.2 Å². The quantitative estimate of drug-likeness (QED) is 0.843. The lowest BCUT2D eigenvalue weighted by Gasteiger charge is -2.05. The fourth-order valence-corrected chi connectivity index (χ4v) is 1.99. The molecule has 0 amide bonds. The number of aromatic nitrogens is 2. The van der Waals surface area contributed by atoms with Gasteiger partial charge in [-0.25, -0.2) is 0 Å². The van der Waals surface area contributed by atoms with Crippen molar-refractivity contribution < 1.29 is 9.15 Å². The zero-order valence-electron chi connectivity index (χ0n) is 10.8. The summed E-state index contributed by atoms with van der Waals surface area (Å²) in [7, 11) is 0. The molecule has 2 unspecified atom stereocenters. The highest BCUT2D eigenvalue weighted by Gasteiger charge is 2.27. The van der Waals surface area contributed by atoms with E-state index in [4.69, 9.17) is 9.15 Å². The molecule has 1 aromatic heterocycles. The number of hydrogen-bond acceptors (Lipinski definition) is 5. The van der Waals surface area contributed by atoms with Crippen molar-refractivity contribution in [2.45, 2.75) is 51.7 Å². The first-order valence-electron chi connectivity index (χ1n) is 6.32. The SMILES string of the molecule is CC(C)NCCc1nnc(C2COC(C)C2)o1. The summed E-state index contributed by atoms with van der Waals surface area (Å²) < 4.78 is 11.2. The fraction of sp³-hybridized carbons (Fsp3) is 0.833. The second-order valence-electron chi connectivity index (χ2n) is 4.97. The van der Waals surface area contributed by atoms with Gasteiger partial charge in [0.25, 0.3) is 0 Å². The Hall–Kier alpha value is -0.940. The predicted octanol–water partition coefficient (Wildman–Crippen LogP) is 1.50. The first-order chi connectivity index (χ1) is 8.15. The van der Waals surface area contributed by atoms with Crippen molar-refractivity contribution >= 4 is 0 Å². The highest BCUT2D eigenvalue weighted by atomic mass is 16.5. The van der Waals surface area contributed by atoms with E-state index >= 15 is 0 Å². The molecule has 0 aromatic carbocycles. The van der Waals surface area contributed by atoms with Gasteiger partial charge in [-0.2, -0.15) is 0 Å². The molecule has 2 atom stereocenters. The van der Waals surface area contributed by atoms with Gasteiger partial charge in [-0.05, 0) is 13.3 Å². The van der Waals surface area contributed by atoms with Gasteiger partial charge in [-0.3, -0.25) is 0 Å². The van der Waals surface area contributed by atoms with Crippen LogP contribution in [0.5, 0.6) is 0 Å². The van der Waals surface area contributed by atoms with E-state index in [9.17, 15) is 0 Å². The third-order valence-electron chi connectivity index (χ3n) is 2.92. The van der Waals surface area contributed by atoms with E-state index in [-0.39, 0.29) is 5.92 Å². The van der Waals surface area contributed by atoms with Crippen molar-refractivity contribution in [2.24, 2.45) is 0 Å². The number of hydrogen-bond donors (Lipinski definition) is 1. The van der Waals surface area contributed by atoms with Gasteiger partial charge in [0.1, 0.15) is 0 Å². The van der Waals surface area contributed by atoms with Crippen LogP contribution in [0, 0.1) is 0 Å². The summed E-state index contributed by atoms with van der Waals surface area (Å²) in [5.74, 6) is 1.73. The van der Waals surface area contributed by atoms with Crippen molar-refractivity contribution in [3.63, 3.8) is 0 Å². The zero-order valence-corrected chi connectivity index (χ0v) is 10.8. The molecule has 5 nitrogen and oxygen atoms in total. The molecule has 1 N–H and O–H groups in total. The monoisotopic (exact) mass is 239 g/mol. The molecule has 0 saturated carbocycles. The molecule has 2 rings (SSSR count). The third kappa shape index (κ3) is 3.51. The van der Waals surface area contributed by atoms with Crippen LogP contribution in [-0.4, -0.2) is 35.5 Å². The lowest BCUT2D eigenvalue weighted by molar-refractivity contribution is 0.122. The standard InChI is InChI=1S/C12H21N3O2/c1-8(2)13-5-4-11-14-15-12(17-11)10-6-9(3)16-7-10/h8-10,13H,4-7H2,1-3H3. The first kappa shape index (κ1) is 12.5. The molecule has 1 aromatic rings. The van der Waals surface area contributed by atoms with Crippen LogP contribution < -0.4 is 5.32 Å². The number of rotatable bonds is 5. The molecule has 2 heterocycles. The average molecular weight is 239 g/mol. The van der Waals surface area contributed by atoms with Crippen LogP contribution in [0.4, 0.5) is 0 Å². The third-order valence-corrected chi connectivity index (χ3v) is 2.92. The van der Waals surface area contributed by atoms with Crippen LogP contribution in [0.2, 0.25) is 0 Å². The summed E-state index contributed by atoms with van der Waals surface area (Å²) in [6.07, 6.45) is 2.07. The Bertz CT molecular complexity index is 351. The Morgan fingerprint density at radius 1 is 1.41 bits per heavy atom. The Morgan fingerprint density at radius 2 is 2.24 bits per heavy atom. The maximum Gasteiger partial charge on any atom is 0.222 e. The maximum atomic E-state index is 5.66. The van der Waals surface area contributed by atoms with Crippen LogP contribution in [0.1, 0.15) is 44.9 Å². The van der Waals surface area contributed by atoms with Gasteiger partial charge in [-0.1, -0.05) is 13.8 Å². The van der Waals surface area contributed by atoms with Crippen LogP contribution in [0.25, 0.3) is 0 Å². The minimum absolute atomic E-state index is 0.282. The molecule has 1 saturated heterocycles. The summed E-state index contributed by atoms with van der Waals surface area (Å²) >= 11 is 0. The normalized spacial score (nSPS) is 24.7. The average Bonchev–Trinajstić information content (AvgIpc) is 2.86. The van der Waals surface area contributed by atoms with E-state index in [0.29, 0.717) is 24.6 Å². The molecule has 0 aliphatic carbocycles. The van der Waals surface area contributed by atoms with E-state index in [1.807, 2.05) is 0 Å². The Labute approximate surface area is 102 Å². The number of nitrogens with zero attached hydrogens (tertiary/aromatic N) is 2. The molecule has 96 valence electrons. The summed E-state index contributed by atoms with van der Waals surface area (Å²) in [5.41, 5.74) is 0. The van der Waals surface area contributed by atoms with E-state index in [1.165, 1.54) is 0 Å². The lowest BCUT2D eigenvalue weighted by atomic mass is 10.1. The lowest BCUT2D eigenvalue weighted by Crippen LogP contribution is -2.25. The molecule has 0 bridgehead atoms. The number of nitrogens with one attached hydrogen (secondary N) is 1. The second kappa shape index (κ2) is 5.60. The Morgan fingerprint density at radius 3 is 2.88 bits per heavy atom. The largest absolute Gasteiger partial charge is 0.425 e. The van der Waals surface area contributed by atoms with Crippen LogP contribution in [-0.2, 0) is 11.2 Å². The van der Waals surface area contributed by atoms with Gasteiger partial charge < -0.3 is 14.5 Å². The minimum Gasteiger partial charge on any atom is -0.425 e. The van der Waals surface area contributed by atoms with Gasteiger partial charge in [0.2, 0.25) is 11.8 Å². The van der Waals surface area contributed by atoms with Crippen LogP contribution in [0.15, 0.2) is 4.42 Å². The molecular formula is C12H21N3O2. The molecule has 5 heteroatoms. The van der Waals surface area contributed by atoms with Crippen LogP contribution in [0.3, 0.4) is 0 Å². The zero-order chi connectivity index (χ0) is 12.3. The van der Waals surface area contributed by atoms with E-state index in [2.05, 4.69) is 36.3 Å². The van der Waals surface area contributed by atoms with Gasteiger partial charge in [0, 0.05) is 19.0 Å². The smallest absolute Gasteiger partial charge is 0.222 e. The topological polar surface area (TPSA) is 60.2 Å². The molecule has 1 aliphatic heterocycles. The van der Waals surface area contributed by atoms with Crippen molar-refractivity contribution in [1.29, 1.82) is 0 Å². The fourth-order valence-electron chi connectivity index (χ4n) is 1.99. The maximum absolute atomic E-state index is 5.66. The molecule has 17 heavy (non-hydrogen) atoms.